The van der Waals surface area contributed by atoms with E-state index in [4.69, 9.17) is 9.16 Å². The Balaban J connectivity index is 3.05. The van der Waals surface area contributed by atoms with E-state index in [0.717, 1.165) is 5.56 Å². The molecule has 0 aliphatic carbocycles. The molecule has 0 aliphatic rings. The van der Waals surface area contributed by atoms with E-state index in [9.17, 15) is 4.79 Å². The molecule has 1 atom stereocenters. The van der Waals surface area contributed by atoms with E-state index in [2.05, 4.69) is 33.9 Å². The second kappa shape index (κ2) is 5.88. The molecule has 0 radical (unpaired) electrons. The van der Waals surface area contributed by atoms with Gasteiger partial charge in [0.05, 0.1) is 7.11 Å². The van der Waals surface area contributed by atoms with Gasteiger partial charge < -0.3 is 9.16 Å². The minimum Gasteiger partial charge on any atom is -0.467 e. The van der Waals surface area contributed by atoms with Crippen LogP contribution < -0.4 is 0 Å². The van der Waals surface area contributed by atoms with Crippen LogP contribution in [-0.4, -0.2) is 21.4 Å². The highest BCUT2D eigenvalue weighted by Gasteiger charge is 2.41. The number of ether oxygens (including phenoxy) is 1. The molecule has 4 heteroatoms. The zero-order valence-corrected chi connectivity index (χ0v) is 13.7. The first-order valence-electron chi connectivity index (χ1n) is 6.49. The predicted octanol–water partition coefficient (Wildman–Crippen LogP) is 3.92. The Morgan fingerprint density at radius 1 is 1.16 bits per heavy atom. The summed E-state index contributed by atoms with van der Waals surface area (Å²) in [7, 11) is -0.635. The molecular weight excluding hydrogens is 256 g/mol. The van der Waals surface area contributed by atoms with E-state index in [-0.39, 0.29) is 11.0 Å². The van der Waals surface area contributed by atoms with Crippen molar-refractivity contribution in [2.45, 2.75) is 45.0 Å². The van der Waals surface area contributed by atoms with E-state index in [0.29, 0.717) is 0 Å². The van der Waals surface area contributed by atoms with Gasteiger partial charge in [-0.25, -0.2) is 4.79 Å². The Kier molecular flexibility index (Phi) is 4.93. The fourth-order valence-corrected chi connectivity index (χ4v) is 2.63. The van der Waals surface area contributed by atoms with E-state index < -0.39 is 14.4 Å². The number of methoxy groups -OCH3 is 1. The van der Waals surface area contributed by atoms with E-state index in [1.807, 2.05) is 30.3 Å². The van der Waals surface area contributed by atoms with Crippen molar-refractivity contribution < 1.29 is 14.0 Å². The van der Waals surface area contributed by atoms with Crippen molar-refractivity contribution in [3.05, 3.63) is 35.9 Å². The Labute approximate surface area is 117 Å². The van der Waals surface area contributed by atoms with Gasteiger partial charge in [-0.05, 0) is 23.7 Å². The van der Waals surface area contributed by atoms with E-state index in [1.54, 1.807) is 0 Å². The molecule has 0 saturated heterocycles. The maximum absolute atomic E-state index is 12.0. The molecule has 0 saturated carbocycles. The van der Waals surface area contributed by atoms with Crippen LogP contribution in [-0.2, 0) is 14.0 Å². The summed E-state index contributed by atoms with van der Waals surface area (Å²) in [5, 5.41) is 0.0497. The average molecular weight is 280 g/mol. The fourth-order valence-electron chi connectivity index (χ4n) is 1.46. The lowest BCUT2D eigenvalue weighted by Gasteiger charge is -2.38. The van der Waals surface area contributed by atoms with Crippen LogP contribution in [0.2, 0.25) is 18.1 Å². The average Bonchev–Trinajstić information content (AvgIpc) is 2.35. The third-order valence-electron chi connectivity index (χ3n) is 3.74. The molecule has 1 rings (SSSR count). The van der Waals surface area contributed by atoms with Crippen molar-refractivity contribution in [3.63, 3.8) is 0 Å². The molecule has 0 aliphatic heterocycles. The molecule has 0 amide bonds. The number of benzene rings is 1. The summed E-state index contributed by atoms with van der Waals surface area (Å²) in [6.07, 6.45) is -0.632. The number of hydrogen-bond donors (Lipinski definition) is 0. The van der Waals surface area contributed by atoms with Gasteiger partial charge in [0, 0.05) is 0 Å². The van der Waals surface area contributed by atoms with Crippen LogP contribution in [0.25, 0.3) is 0 Å². The molecule has 0 bridgehead atoms. The van der Waals surface area contributed by atoms with Crippen molar-refractivity contribution in [2.24, 2.45) is 0 Å². The van der Waals surface area contributed by atoms with Crippen LogP contribution in [0.15, 0.2) is 30.3 Å². The van der Waals surface area contributed by atoms with Crippen LogP contribution in [0.4, 0.5) is 0 Å². The first-order chi connectivity index (χ1) is 8.69. The van der Waals surface area contributed by atoms with Gasteiger partial charge in [-0.15, -0.1) is 0 Å². The molecule has 0 spiro atoms. The summed E-state index contributed by atoms with van der Waals surface area (Å²) in [6.45, 7) is 10.7. The minimum absolute atomic E-state index is 0.0497. The second-order valence-corrected chi connectivity index (χ2v) is 10.9. The smallest absolute Gasteiger partial charge is 0.338 e. The Morgan fingerprint density at radius 2 is 1.68 bits per heavy atom. The SMILES string of the molecule is COC(=O)[C@@H](O[Si](C)(C)C(C)(C)C)c1ccccc1. The highest BCUT2D eigenvalue weighted by molar-refractivity contribution is 6.74. The van der Waals surface area contributed by atoms with Crippen LogP contribution in [0.5, 0.6) is 0 Å². The van der Waals surface area contributed by atoms with Gasteiger partial charge in [-0.2, -0.15) is 0 Å². The van der Waals surface area contributed by atoms with Crippen molar-refractivity contribution in [3.8, 4) is 0 Å². The van der Waals surface area contributed by atoms with Gasteiger partial charge in [-0.1, -0.05) is 51.1 Å². The Bertz CT molecular complexity index is 421. The summed E-state index contributed by atoms with van der Waals surface area (Å²) in [5.74, 6) is -0.337. The van der Waals surface area contributed by atoms with E-state index in [1.165, 1.54) is 7.11 Å². The summed E-state index contributed by atoms with van der Waals surface area (Å²) in [6, 6.07) is 9.52. The van der Waals surface area contributed by atoms with Gasteiger partial charge >= 0.3 is 5.97 Å². The standard InChI is InChI=1S/C15H24O3Si/c1-15(2,3)19(5,6)18-13(14(16)17-4)12-10-8-7-9-11-12/h7-11,13H,1-6H3/t13-/m0/s1. The molecule has 0 N–H and O–H groups in total. The maximum atomic E-state index is 12.0. The topological polar surface area (TPSA) is 35.5 Å². The van der Waals surface area contributed by atoms with Crippen molar-refractivity contribution >= 4 is 14.3 Å². The van der Waals surface area contributed by atoms with Crippen LogP contribution in [0, 0.1) is 0 Å². The summed E-state index contributed by atoms with van der Waals surface area (Å²) < 4.78 is 11.1. The fraction of sp³-hybridized carbons (Fsp3) is 0.533. The van der Waals surface area contributed by atoms with Crippen molar-refractivity contribution in [1.29, 1.82) is 0 Å². The summed E-state index contributed by atoms with van der Waals surface area (Å²) in [4.78, 5) is 12.0. The molecule has 106 valence electrons. The summed E-state index contributed by atoms with van der Waals surface area (Å²) >= 11 is 0. The van der Waals surface area contributed by atoms with Gasteiger partial charge in [-0.3, -0.25) is 0 Å². The van der Waals surface area contributed by atoms with Crippen molar-refractivity contribution in [2.75, 3.05) is 7.11 Å². The largest absolute Gasteiger partial charge is 0.467 e. The van der Waals surface area contributed by atoms with Gasteiger partial charge in [0.15, 0.2) is 14.4 Å². The van der Waals surface area contributed by atoms with E-state index >= 15 is 0 Å². The highest BCUT2D eigenvalue weighted by atomic mass is 28.4. The Hall–Kier alpha value is -1.13. The molecule has 0 aromatic heterocycles. The monoisotopic (exact) mass is 280 g/mol. The number of esters is 1. The molecule has 19 heavy (non-hydrogen) atoms. The number of rotatable bonds is 4. The Morgan fingerprint density at radius 3 is 2.11 bits per heavy atom. The molecule has 0 unspecified atom stereocenters. The minimum atomic E-state index is -2.03. The van der Waals surface area contributed by atoms with Gasteiger partial charge in [0.25, 0.3) is 0 Å². The molecule has 1 aromatic carbocycles. The molecule has 1 aromatic rings. The maximum Gasteiger partial charge on any atom is 0.338 e. The number of carbonyl (C=O) groups is 1. The highest BCUT2D eigenvalue weighted by Crippen LogP contribution is 2.39. The number of carbonyl (C=O) groups excluding carboxylic acids is 1. The predicted molar refractivity (Wildman–Crippen MR) is 79.5 cm³/mol. The lowest BCUT2D eigenvalue weighted by atomic mass is 10.1. The first kappa shape index (κ1) is 15.9. The van der Waals surface area contributed by atoms with Crippen molar-refractivity contribution in [1.82, 2.24) is 0 Å². The molecule has 0 heterocycles. The second-order valence-electron chi connectivity index (χ2n) is 6.19. The zero-order chi connectivity index (χ0) is 14.7. The third-order valence-corrected chi connectivity index (χ3v) is 8.17. The third kappa shape index (κ3) is 3.91. The number of hydrogen-bond acceptors (Lipinski definition) is 3. The lowest BCUT2D eigenvalue weighted by Crippen LogP contribution is -2.43. The quantitative estimate of drug-likeness (QED) is 0.619. The normalized spacial score (nSPS) is 14.0. The molecular formula is C15H24O3Si. The van der Waals surface area contributed by atoms with Gasteiger partial charge in [0.1, 0.15) is 0 Å². The lowest BCUT2D eigenvalue weighted by molar-refractivity contribution is -0.149. The van der Waals surface area contributed by atoms with Crippen LogP contribution in [0.3, 0.4) is 0 Å². The van der Waals surface area contributed by atoms with Crippen LogP contribution >= 0.6 is 0 Å². The summed E-state index contributed by atoms with van der Waals surface area (Å²) in [5.41, 5.74) is 0.846. The first-order valence-corrected chi connectivity index (χ1v) is 9.40. The zero-order valence-electron chi connectivity index (χ0n) is 12.7. The molecule has 0 fully saturated rings. The van der Waals surface area contributed by atoms with Gasteiger partial charge in [0.2, 0.25) is 0 Å². The van der Waals surface area contributed by atoms with Crippen LogP contribution in [0.1, 0.15) is 32.4 Å². The molecule has 3 nitrogen and oxygen atoms in total.